The summed E-state index contributed by atoms with van der Waals surface area (Å²) < 4.78 is 2.41. The normalized spacial score (nSPS) is 15.8. The summed E-state index contributed by atoms with van der Waals surface area (Å²) in [6.07, 6.45) is 3.38. The van der Waals surface area contributed by atoms with Gasteiger partial charge < -0.3 is 0 Å². The second-order valence-corrected chi connectivity index (χ2v) is 7.02. The van der Waals surface area contributed by atoms with Gasteiger partial charge in [0.2, 0.25) is 5.69 Å². The van der Waals surface area contributed by atoms with Crippen LogP contribution in [0.5, 0.6) is 0 Å². The Kier molecular flexibility index (Phi) is 2.68. The van der Waals surface area contributed by atoms with Crippen LogP contribution in [0, 0.1) is 0 Å². The van der Waals surface area contributed by atoms with Gasteiger partial charge in [0.15, 0.2) is 11.8 Å². The number of nitrogens with zero attached hydrogens (tertiary/aromatic N) is 1. The Morgan fingerprint density at radius 2 is 1.65 bits per heavy atom. The molecule has 0 fully saturated rings. The summed E-state index contributed by atoms with van der Waals surface area (Å²) in [6.45, 7) is 13.6. The Balaban J connectivity index is 2.50. The molecule has 0 amide bonds. The van der Waals surface area contributed by atoms with Gasteiger partial charge in [-0.05, 0) is 11.0 Å². The molecule has 0 aromatic heterocycles. The zero-order chi connectivity index (χ0) is 12.8. The van der Waals surface area contributed by atoms with Crippen LogP contribution in [0.2, 0.25) is 0 Å². The highest BCUT2D eigenvalue weighted by Gasteiger charge is 2.33. The van der Waals surface area contributed by atoms with Crippen molar-refractivity contribution >= 4 is 11.9 Å². The second kappa shape index (κ2) is 3.69. The smallest absolute Gasteiger partial charge is 0.198 e. The van der Waals surface area contributed by atoms with Crippen molar-refractivity contribution in [2.75, 3.05) is 0 Å². The minimum atomic E-state index is 0.168. The Bertz CT molecular complexity index is 467. The molecule has 1 aliphatic rings. The summed E-state index contributed by atoms with van der Waals surface area (Å²) in [7, 11) is 0. The Morgan fingerprint density at radius 1 is 1.00 bits per heavy atom. The quantitative estimate of drug-likeness (QED) is 0.591. The zero-order valence-electron chi connectivity index (χ0n) is 12.0. The van der Waals surface area contributed by atoms with Crippen molar-refractivity contribution in [2.24, 2.45) is 0 Å². The molecule has 1 aromatic carbocycles. The van der Waals surface area contributed by atoms with Crippen molar-refractivity contribution in [3.63, 3.8) is 0 Å². The first-order valence-electron chi connectivity index (χ1n) is 6.46. The van der Waals surface area contributed by atoms with Crippen molar-refractivity contribution in [1.82, 2.24) is 0 Å². The van der Waals surface area contributed by atoms with E-state index in [2.05, 4.69) is 70.5 Å². The molecule has 0 unspecified atom stereocenters. The maximum Gasteiger partial charge on any atom is 0.209 e. The van der Waals surface area contributed by atoms with Gasteiger partial charge in [0.1, 0.15) is 0 Å². The third-order valence-electron chi connectivity index (χ3n) is 3.43. The highest BCUT2D eigenvalue weighted by atomic mass is 15.1. The molecule has 17 heavy (non-hydrogen) atoms. The molecule has 0 bridgehead atoms. The molecule has 1 heteroatoms. The maximum atomic E-state index is 2.41. The first-order chi connectivity index (χ1) is 7.69. The molecule has 1 heterocycles. The molecule has 0 saturated heterocycles. The Morgan fingerprint density at radius 3 is 2.18 bits per heavy atom. The minimum Gasteiger partial charge on any atom is -0.198 e. The average molecular weight is 230 g/mol. The van der Waals surface area contributed by atoms with E-state index in [9.17, 15) is 0 Å². The molecule has 0 spiro atoms. The Labute approximate surface area is 105 Å². The van der Waals surface area contributed by atoms with E-state index in [0.717, 1.165) is 6.42 Å². The molecular weight excluding hydrogens is 206 g/mol. The van der Waals surface area contributed by atoms with Crippen LogP contribution in [0.3, 0.4) is 0 Å². The van der Waals surface area contributed by atoms with Gasteiger partial charge in [0, 0.05) is 32.4 Å². The van der Waals surface area contributed by atoms with Crippen LogP contribution >= 0.6 is 0 Å². The lowest BCUT2D eigenvalue weighted by atomic mass is 9.86. The third kappa shape index (κ3) is 2.29. The summed E-state index contributed by atoms with van der Waals surface area (Å²) >= 11 is 0. The molecule has 0 aliphatic carbocycles. The van der Waals surface area contributed by atoms with Crippen LogP contribution in [0.1, 0.15) is 52.7 Å². The predicted molar refractivity (Wildman–Crippen MR) is 74.6 cm³/mol. The largest absolute Gasteiger partial charge is 0.209 e. The topological polar surface area (TPSA) is 3.01 Å². The molecule has 1 nitrogen and oxygen atoms in total. The lowest BCUT2D eigenvalue weighted by Gasteiger charge is -2.21. The minimum absolute atomic E-state index is 0.168. The van der Waals surface area contributed by atoms with Gasteiger partial charge in [-0.2, -0.15) is 4.58 Å². The molecule has 1 aromatic rings. The first kappa shape index (κ1) is 12.3. The second-order valence-electron chi connectivity index (χ2n) is 7.02. The lowest BCUT2D eigenvalue weighted by Crippen LogP contribution is -2.28. The van der Waals surface area contributed by atoms with Gasteiger partial charge in [0.25, 0.3) is 0 Å². The van der Waals surface area contributed by atoms with Crippen LogP contribution in [0.25, 0.3) is 0 Å². The van der Waals surface area contributed by atoms with Crippen LogP contribution in [0.4, 0.5) is 5.69 Å². The van der Waals surface area contributed by atoms with Crippen LogP contribution in [-0.2, 0) is 11.8 Å². The van der Waals surface area contributed by atoms with Crippen molar-refractivity contribution < 1.29 is 4.58 Å². The van der Waals surface area contributed by atoms with Crippen LogP contribution in [-0.4, -0.2) is 16.3 Å². The highest BCUT2D eigenvalue weighted by molar-refractivity contribution is 5.68. The monoisotopic (exact) mass is 230 g/mol. The van der Waals surface area contributed by atoms with Gasteiger partial charge in [-0.1, -0.05) is 32.9 Å². The fourth-order valence-electron chi connectivity index (χ4n) is 2.35. The van der Waals surface area contributed by atoms with E-state index in [0.29, 0.717) is 0 Å². The van der Waals surface area contributed by atoms with Gasteiger partial charge in [0.05, 0.1) is 6.42 Å². The van der Waals surface area contributed by atoms with Gasteiger partial charge in [-0.25, -0.2) is 0 Å². The first-order valence-corrected chi connectivity index (χ1v) is 6.46. The Hall–Kier alpha value is -1.11. The summed E-state index contributed by atoms with van der Waals surface area (Å²) in [4.78, 5) is 0. The van der Waals surface area contributed by atoms with E-state index in [1.54, 1.807) is 0 Å². The molecule has 1 aliphatic heterocycles. The summed E-state index contributed by atoms with van der Waals surface area (Å²) in [5, 5.41) is 0. The van der Waals surface area contributed by atoms with E-state index in [1.807, 2.05) is 0 Å². The lowest BCUT2D eigenvalue weighted by molar-refractivity contribution is -0.513. The van der Waals surface area contributed by atoms with Crippen molar-refractivity contribution in [1.29, 1.82) is 0 Å². The van der Waals surface area contributed by atoms with E-state index in [-0.39, 0.29) is 11.0 Å². The number of fused-ring (bicyclic) bond motifs is 1. The number of benzene rings is 1. The molecule has 0 atom stereocenters. The number of rotatable bonds is 0. The fourth-order valence-corrected chi connectivity index (χ4v) is 2.35. The fraction of sp³-hybridized carbons (Fsp3) is 0.562. The van der Waals surface area contributed by atoms with Crippen molar-refractivity contribution in [2.45, 2.75) is 58.9 Å². The standard InChI is InChI=1S/C16H24N/c1-15(2,3)13-8-7-12-9-10-17(14(12)11-13)16(4,5)6/h7-8,10-11H,9H2,1-6H3/q+1. The zero-order valence-corrected chi connectivity index (χ0v) is 12.0. The third-order valence-corrected chi connectivity index (χ3v) is 3.43. The van der Waals surface area contributed by atoms with Gasteiger partial charge >= 0.3 is 0 Å². The van der Waals surface area contributed by atoms with Crippen molar-refractivity contribution in [3.8, 4) is 0 Å². The summed E-state index contributed by atoms with van der Waals surface area (Å²) in [5.41, 5.74) is 4.65. The highest BCUT2D eigenvalue weighted by Crippen LogP contribution is 2.33. The molecule has 0 N–H and O–H groups in total. The van der Waals surface area contributed by atoms with Crippen LogP contribution < -0.4 is 0 Å². The summed E-state index contributed by atoms with van der Waals surface area (Å²) in [5.74, 6) is 0. The van der Waals surface area contributed by atoms with E-state index >= 15 is 0 Å². The van der Waals surface area contributed by atoms with Gasteiger partial charge in [-0.15, -0.1) is 0 Å². The van der Waals surface area contributed by atoms with E-state index in [1.165, 1.54) is 16.8 Å². The summed E-state index contributed by atoms with van der Waals surface area (Å²) in [6, 6.07) is 6.93. The van der Waals surface area contributed by atoms with Crippen molar-refractivity contribution in [3.05, 3.63) is 29.3 Å². The van der Waals surface area contributed by atoms with E-state index < -0.39 is 0 Å². The molecule has 0 saturated carbocycles. The van der Waals surface area contributed by atoms with Gasteiger partial charge in [-0.3, -0.25) is 0 Å². The van der Waals surface area contributed by atoms with E-state index in [4.69, 9.17) is 0 Å². The maximum absolute atomic E-state index is 2.41. The molecular formula is C16H24N+. The average Bonchev–Trinajstić information content (AvgIpc) is 2.57. The predicted octanol–water partition coefficient (Wildman–Crippen LogP) is 4.05. The number of hydrogen-bond donors (Lipinski definition) is 0. The number of hydrogen-bond acceptors (Lipinski definition) is 0. The van der Waals surface area contributed by atoms with Crippen LogP contribution in [0.15, 0.2) is 18.2 Å². The molecule has 2 rings (SSSR count). The molecule has 92 valence electrons. The molecule has 0 radical (unpaired) electrons. The SMILES string of the molecule is CC(C)(C)c1ccc2c(c1)[N+](C(C)(C)C)=CC2.